The number of amides is 2. The molecule has 0 radical (unpaired) electrons. The Kier molecular flexibility index (Phi) is 7.16. The van der Waals surface area contributed by atoms with Crippen molar-refractivity contribution in [2.75, 3.05) is 17.2 Å². The van der Waals surface area contributed by atoms with Crippen LogP contribution in [0.3, 0.4) is 0 Å². The van der Waals surface area contributed by atoms with Crippen molar-refractivity contribution in [3.05, 3.63) is 77.1 Å². The van der Waals surface area contributed by atoms with Crippen molar-refractivity contribution in [3.8, 4) is 0 Å². The molecule has 1 aromatic carbocycles. The summed E-state index contributed by atoms with van der Waals surface area (Å²) < 4.78 is 0. The van der Waals surface area contributed by atoms with Gasteiger partial charge in [0.15, 0.2) is 0 Å². The Morgan fingerprint density at radius 3 is 2.50 bits per heavy atom. The molecule has 8 heteroatoms. The predicted octanol–water partition coefficient (Wildman–Crippen LogP) is 3.57. The second kappa shape index (κ2) is 10.00. The second-order valence-electron chi connectivity index (χ2n) is 6.73. The van der Waals surface area contributed by atoms with Gasteiger partial charge < -0.3 is 15.7 Å². The molecule has 0 saturated heterocycles. The Morgan fingerprint density at radius 1 is 1.00 bits per heavy atom. The number of thioether (sulfide) groups is 1. The highest BCUT2D eigenvalue weighted by molar-refractivity contribution is 7.98. The van der Waals surface area contributed by atoms with E-state index in [-0.39, 0.29) is 5.91 Å². The molecule has 0 unspecified atom stereocenters. The highest BCUT2D eigenvalue weighted by Crippen LogP contribution is 2.26. The van der Waals surface area contributed by atoms with Crippen molar-refractivity contribution in [1.82, 2.24) is 9.97 Å². The number of aliphatic hydroxyl groups is 1. The summed E-state index contributed by atoms with van der Waals surface area (Å²) >= 11 is 1.42. The number of benzene rings is 1. The summed E-state index contributed by atoms with van der Waals surface area (Å²) in [6.07, 6.45) is 3.23. The van der Waals surface area contributed by atoms with Crippen LogP contribution < -0.4 is 10.6 Å². The van der Waals surface area contributed by atoms with Crippen LogP contribution in [-0.2, 0) is 10.5 Å². The maximum absolute atomic E-state index is 12.8. The number of carbonyl (C=O) groups is 2. The molecule has 2 heterocycles. The van der Waals surface area contributed by atoms with Gasteiger partial charge in [0.05, 0.1) is 5.56 Å². The van der Waals surface area contributed by atoms with Crippen molar-refractivity contribution in [1.29, 1.82) is 0 Å². The van der Waals surface area contributed by atoms with Gasteiger partial charge in [-0.15, -0.1) is 11.8 Å². The molecule has 0 aliphatic carbocycles. The van der Waals surface area contributed by atoms with Crippen molar-refractivity contribution >= 4 is 35.1 Å². The van der Waals surface area contributed by atoms with Crippen LogP contribution in [0.5, 0.6) is 0 Å². The number of rotatable bonds is 7. The van der Waals surface area contributed by atoms with E-state index in [0.29, 0.717) is 22.2 Å². The third-order valence-corrected chi connectivity index (χ3v) is 5.18. The van der Waals surface area contributed by atoms with Crippen molar-refractivity contribution < 1.29 is 14.7 Å². The lowest BCUT2D eigenvalue weighted by molar-refractivity contribution is -0.118. The number of aryl methyl sites for hydroxylation is 2. The van der Waals surface area contributed by atoms with E-state index >= 15 is 0 Å². The minimum atomic E-state index is -0.604. The summed E-state index contributed by atoms with van der Waals surface area (Å²) in [6.45, 7) is 3.37. The molecule has 3 rings (SSSR count). The molecule has 3 N–H and O–H groups in total. The summed E-state index contributed by atoms with van der Waals surface area (Å²) in [5, 5.41) is 14.9. The molecule has 2 amide bonds. The number of carbonyl (C=O) groups excluding carboxylic acids is 2. The van der Waals surface area contributed by atoms with Crippen molar-refractivity contribution in [3.63, 3.8) is 0 Å². The lowest BCUT2D eigenvalue weighted by Crippen LogP contribution is -2.16. The van der Waals surface area contributed by atoms with Gasteiger partial charge in [0.2, 0.25) is 0 Å². The topological polar surface area (TPSA) is 104 Å². The standard InChI is InChI=1S/C22H22N4O3S/c1-14-8-15(2)10-17(9-14)25-21(29)18-4-3-6-24-22(18)30-13-16-5-7-23-19(11-16)26-20(28)12-27/h3-11,27H,12-13H2,1-2H3,(H,25,29)(H,23,26,28). The predicted molar refractivity (Wildman–Crippen MR) is 118 cm³/mol. The fourth-order valence-corrected chi connectivity index (χ4v) is 3.83. The van der Waals surface area contributed by atoms with E-state index in [4.69, 9.17) is 5.11 Å². The number of aliphatic hydroxyl groups excluding tert-OH is 1. The molecular weight excluding hydrogens is 400 g/mol. The van der Waals surface area contributed by atoms with E-state index in [9.17, 15) is 9.59 Å². The number of hydrogen-bond donors (Lipinski definition) is 3. The first-order valence-corrected chi connectivity index (χ1v) is 10.3. The molecule has 0 atom stereocenters. The van der Waals surface area contributed by atoms with E-state index in [1.807, 2.05) is 38.1 Å². The highest BCUT2D eigenvalue weighted by atomic mass is 32.2. The average Bonchev–Trinajstić information content (AvgIpc) is 2.72. The van der Waals surface area contributed by atoms with Gasteiger partial charge in [-0.25, -0.2) is 9.97 Å². The monoisotopic (exact) mass is 422 g/mol. The lowest BCUT2D eigenvalue weighted by Gasteiger charge is -2.11. The summed E-state index contributed by atoms with van der Waals surface area (Å²) in [4.78, 5) is 32.6. The molecule has 2 aromatic heterocycles. The average molecular weight is 423 g/mol. The van der Waals surface area contributed by atoms with Crippen LogP contribution in [0.1, 0.15) is 27.0 Å². The first kappa shape index (κ1) is 21.5. The van der Waals surface area contributed by atoms with Gasteiger partial charge in [-0.1, -0.05) is 6.07 Å². The largest absolute Gasteiger partial charge is 0.387 e. The fraction of sp³-hybridized carbons (Fsp3) is 0.182. The number of aromatic nitrogens is 2. The van der Waals surface area contributed by atoms with Crippen LogP contribution in [0.25, 0.3) is 0 Å². The number of hydrogen-bond acceptors (Lipinski definition) is 6. The molecule has 0 aliphatic heterocycles. The molecule has 0 spiro atoms. The molecule has 3 aromatic rings. The number of nitrogens with one attached hydrogen (secondary N) is 2. The zero-order chi connectivity index (χ0) is 21.5. The Balaban J connectivity index is 1.72. The molecule has 154 valence electrons. The van der Waals surface area contributed by atoms with Crippen LogP contribution in [0.4, 0.5) is 11.5 Å². The molecule has 0 bridgehead atoms. The Bertz CT molecular complexity index is 1050. The van der Waals surface area contributed by atoms with Gasteiger partial charge in [-0.2, -0.15) is 0 Å². The van der Waals surface area contributed by atoms with Gasteiger partial charge >= 0.3 is 0 Å². The van der Waals surface area contributed by atoms with E-state index in [1.54, 1.807) is 30.6 Å². The zero-order valence-corrected chi connectivity index (χ0v) is 17.5. The van der Waals surface area contributed by atoms with E-state index in [2.05, 4.69) is 20.6 Å². The SMILES string of the molecule is Cc1cc(C)cc(NC(=O)c2cccnc2SCc2ccnc(NC(=O)CO)c2)c1. The number of anilines is 2. The van der Waals surface area contributed by atoms with Crippen LogP contribution in [0.2, 0.25) is 0 Å². The Labute approximate surface area is 179 Å². The van der Waals surface area contributed by atoms with E-state index < -0.39 is 12.5 Å². The summed E-state index contributed by atoms with van der Waals surface area (Å²) in [5.41, 5.74) is 4.29. The third-order valence-electron chi connectivity index (χ3n) is 4.11. The summed E-state index contributed by atoms with van der Waals surface area (Å²) in [6, 6.07) is 12.9. The van der Waals surface area contributed by atoms with Crippen LogP contribution in [0.15, 0.2) is 59.9 Å². The van der Waals surface area contributed by atoms with Gasteiger partial charge in [0, 0.05) is 23.8 Å². The molecule has 0 saturated carbocycles. The Hall–Kier alpha value is -3.23. The van der Waals surface area contributed by atoms with E-state index in [1.165, 1.54) is 11.8 Å². The van der Waals surface area contributed by atoms with Crippen molar-refractivity contribution in [2.45, 2.75) is 24.6 Å². The molecule has 30 heavy (non-hydrogen) atoms. The zero-order valence-electron chi connectivity index (χ0n) is 16.7. The van der Waals surface area contributed by atoms with Gasteiger partial charge in [0.1, 0.15) is 17.5 Å². The minimum absolute atomic E-state index is 0.221. The Morgan fingerprint density at radius 2 is 1.77 bits per heavy atom. The third kappa shape index (κ3) is 5.88. The molecular formula is C22H22N4O3S. The number of nitrogens with zero attached hydrogens (tertiary/aromatic N) is 2. The van der Waals surface area contributed by atoms with Crippen LogP contribution >= 0.6 is 11.8 Å². The first-order chi connectivity index (χ1) is 14.4. The van der Waals surface area contributed by atoms with Crippen LogP contribution in [0, 0.1) is 13.8 Å². The molecule has 0 aliphatic rings. The smallest absolute Gasteiger partial charge is 0.258 e. The van der Waals surface area contributed by atoms with Gasteiger partial charge in [0.25, 0.3) is 11.8 Å². The quantitative estimate of drug-likeness (QED) is 0.503. The first-order valence-electron chi connectivity index (χ1n) is 9.27. The molecule has 7 nitrogen and oxygen atoms in total. The van der Waals surface area contributed by atoms with Crippen molar-refractivity contribution in [2.24, 2.45) is 0 Å². The summed E-state index contributed by atoms with van der Waals surface area (Å²) in [5.74, 6) is 0.148. The second-order valence-corrected chi connectivity index (χ2v) is 7.69. The summed E-state index contributed by atoms with van der Waals surface area (Å²) in [7, 11) is 0. The lowest BCUT2D eigenvalue weighted by atomic mass is 10.1. The fourth-order valence-electron chi connectivity index (χ4n) is 2.89. The van der Waals surface area contributed by atoms with E-state index in [0.717, 1.165) is 22.4 Å². The van der Waals surface area contributed by atoms with Gasteiger partial charge in [-0.05, 0) is 66.9 Å². The maximum Gasteiger partial charge on any atom is 0.258 e. The van der Waals surface area contributed by atoms with Crippen LogP contribution in [-0.4, -0.2) is 33.5 Å². The molecule has 0 fully saturated rings. The normalized spacial score (nSPS) is 10.5. The maximum atomic E-state index is 12.8. The minimum Gasteiger partial charge on any atom is -0.387 e. The highest BCUT2D eigenvalue weighted by Gasteiger charge is 2.14. The van der Waals surface area contributed by atoms with Gasteiger partial charge in [-0.3, -0.25) is 9.59 Å². The number of pyridine rings is 2.